The number of nitrogens with zero attached hydrogens (tertiary/aromatic N) is 2. The van der Waals surface area contributed by atoms with Gasteiger partial charge in [-0.15, -0.1) is 0 Å². The molecular formula is C60H39N3. The van der Waals surface area contributed by atoms with Gasteiger partial charge in [0.15, 0.2) is 0 Å². The van der Waals surface area contributed by atoms with Gasteiger partial charge in [-0.2, -0.15) is 0 Å². The summed E-state index contributed by atoms with van der Waals surface area (Å²) in [5.74, 6) is 0. The first-order valence-electron chi connectivity index (χ1n) is 21.7. The molecule has 0 unspecified atom stereocenters. The molecule has 0 atom stereocenters. The summed E-state index contributed by atoms with van der Waals surface area (Å²) in [5, 5.41) is 7.42. The van der Waals surface area contributed by atoms with Crippen LogP contribution in [0.4, 0.5) is 0 Å². The van der Waals surface area contributed by atoms with Crippen LogP contribution in [0.2, 0.25) is 0 Å². The van der Waals surface area contributed by atoms with Crippen LogP contribution in [-0.2, 0) is 0 Å². The molecule has 0 saturated carbocycles. The lowest BCUT2D eigenvalue weighted by molar-refractivity contribution is 1.18. The minimum Gasteiger partial charge on any atom is -0.355 e. The molecule has 1 N–H and O–H groups in total. The summed E-state index contributed by atoms with van der Waals surface area (Å²) in [7, 11) is 0. The van der Waals surface area contributed by atoms with E-state index in [4.69, 9.17) is 0 Å². The third-order valence-corrected chi connectivity index (χ3v) is 13.1. The SMILES string of the molecule is c1ccc(-c2ccccc2-n2c3ccccc3c3cc(-c4ccc5[nH]c6ccc(-c7ccc8c(c7)c7ccccc7n8-c7ccccc7-c7ccccc7)cc6c5c4)ccc32)cc1. The van der Waals surface area contributed by atoms with Crippen molar-refractivity contribution in [2.24, 2.45) is 0 Å². The zero-order valence-electron chi connectivity index (χ0n) is 34.3. The standard InChI is InChI=1S/C60H39N3/c1-3-15-39(16-4-1)45-19-7-11-23-55(45)62-57-25-13-9-21-47(57)51-37-43(29-33-59(51)62)41-27-31-53-49(35-41)50-36-42(28-32-54(50)61-53)44-30-34-60-52(38-44)48-22-10-14-26-58(48)63(60)56-24-12-8-20-46(56)40-17-5-2-6-18-40/h1-38,61H. The molecule has 3 heterocycles. The lowest BCUT2D eigenvalue weighted by atomic mass is 9.98. The Morgan fingerprint density at radius 2 is 0.587 bits per heavy atom. The van der Waals surface area contributed by atoms with Gasteiger partial charge < -0.3 is 14.1 Å². The van der Waals surface area contributed by atoms with E-state index in [9.17, 15) is 0 Å². The molecule has 0 fully saturated rings. The van der Waals surface area contributed by atoms with Crippen LogP contribution in [0.3, 0.4) is 0 Å². The molecule has 0 saturated heterocycles. The van der Waals surface area contributed by atoms with Crippen molar-refractivity contribution in [2.45, 2.75) is 0 Å². The van der Waals surface area contributed by atoms with Gasteiger partial charge in [0.2, 0.25) is 0 Å². The van der Waals surface area contributed by atoms with Crippen molar-refractivity contribution in [2.75, 3.05) is 0 Å². The summed E-state index contributed by atoms with van der Waals surface area (Å²) in [5.41, 5.74) is 19.1. The molecule has 0 aliphatic carbocycles. The molecule has 0 radical (unpaired) electrons. The predicted octanol–water partition coefficient (Wildman–Crippen LogP) is 16.2. The molecule has 10 aromatic carbocycles. The van der Waals surface area contributed by atoms with Crippen molar-refractivity contribution in [3.8, 4) is 55.9 Å². The van der Waals surface area contributed by atoms with Gasteiger partial charge in [-0.25, -0.2) is 0 Å². The van der Waals surface area contributed by atoms with Crippen molar-refractivity contribution >= 4 is 65.4 Å². The van der Waals surface area contributed by atoms with Gasteiger partial charge in [-0.3, -0.25) is 0 Å². The number of rotatable bonds is 6. The highest BCUT2D eigenvalue weighted by Gasteiger charge is 2.19. The van der Waals surface area contributed by atoms with Crippen LogP contribution < -0.4 is 0 Å². The van der Waals surface area contributed by atoms with E-state index < -0.39 is 0 Å². The van der Waals surface area contributed by atoms with Gasteiger partial charge in [-0.1, -0.05) is 158 Å². The number of fused-ring (bicyclic) bond motifs is 9. The van der Waals surface area contributed by atoms with Crippen molar-refractivity contribution in [3.05, 3.63) is 231 Å². The first-order valence-corrected chi connectivity index (χ1v) is 21.7. The molecule has 13 aromatic rings. The van der Waals surface area contributed by atoms with Gasteiger partial charge >= 0.3 is 0 Å². The first kappa shape index (κ1) is 35.4. The van der Waals surface area contributed by atoms with Crippen LogP contribution in [-0.4, -0.2) is 14.1 Å². The van der Waals surface area contributed by atoms with Crippen LogP contribution in [0.5, 0.6) is 0 Å². The topological polar surface area (TPSA) is 25.6 Å². The Kier molecular flexibility index (Phi) is 7.91. The molecule has 0 aliphatic rings. The van der Waals surface area contributed by atoms with E-state index in [1.54, 1.807) is 0 Å². The number of benzene rings is 10. The summed E-state index contributed by atoms with van der Waals surface area (Å²) < 4.78 is 4.86. The summed E-state index contributed by atoms with van der Waals surface area (Å²) >= 11 is 0. The van der Waals surface area contributed by atoms with E-state index in [-0.39, 0.29) is 0 Å². The molecule has 3 heteroatoms. The minimum absolute atomic E-state index is 1.14. The third kappa shape index (κ3) is 5.60. The molecule has 0 spiro atoms. The molecule has 3 nitrogen and oxygen atoms in total. The Bertz CT molecular complexity index is 3650. The number of aromatic nitrogens is 3. The fourth-order valence-electron chi connectivity index (χ4n) is 10.1. The molecule has 0 bridgehead atoms. The lowest BCUT2D eigenvalue weighted by Crippen LogP contribution is -1.96. The Labute approximate surface area is 364 Å². The molecule has 3 aromatic heterocycles. The average Bonchev–Trinajstić information content (AvgIpc) is 4.01. The zero-order valence-corrected chi connectivity index (χ0v) is 34.3. The van der Waals surface area contributed by atoms with Crippen LogP contribution >= 0.6 is 0 Å². The second-order valence-corrected chi connectivity index (χ2v) is 16.6. The highest BCUT2D eigenvalue weighted by atomic mass is 15.0. The second kappa shape index (κ2) is 14.1. The normalized spacial score (nSPS) is 11.8. The number of para-hydroxylation sites is 4. The maximum Gasteiger partial charge on any atom is 0.0541 e. The quantitative estimate of drug-likeness (QED) is 0.173. The van der Waals surface area contributed by atoms with Gasteiger partial charge in [0.25, 0.3) is 0 Å². The lowest BCUT2D eigenvalue weighted by Gasteiger charge is -2.14. The zero-order chi connectivity index (χ0) is 41.4. The third-order valence-electron chi connectivity index (χ3n) is 13.1. The number of aromatic amines is 1. The summed E-state index contributed by atoms with van der Waals surface area (Å²) in [6.45, 7) is 0. The monoisotopic (exact) mass is 801 g/mol. The van der Waals surface area contributed by atoms with E-state index >= 15 is 0 Å². The molecule has 294 valence electrons. The number of nitrogens with one attached hydrogen (secondary N) is 1. The smallest absolute Gasteiger partial charge is 0.0541 e. The minimum atomic E-state index is 1.14. The van der Waals surface area contributed by atoms with Crippen LogP contribution in [0.1, 0.15) is 0 Å². The molecule has 63 heavy (non-hydrogen) atoms. The maximum absolute atomic E-state index is 3.72. The van der Waals surface area contributed by atoms with E-state index in [0.717, 1.165) is 11.0 Å². The fraction of sp³-hybridized carbons (Fsp3) is 0. The predicted molar refractivity (Wildman–Crippen MR) is 266 cm³/mol. The number of hydrogen-bond donors (Lipinski definition) is 1. The van der Waals surface area contributed by atoms with Gasteiger partial charge in [0, 0.05) is 54.5 Å². The average molecular weight is 802 g/mol. The number of hydrogen-bond acceptors (Lipinski definition) is 0. The highest BCUT2D eigenvalue weighted by molar-refractivity contribution is 6.14. The van der Waals surface area contributed by atoms with Crippen molar-refractivity contribution in [1.29, 1.82) is 0 Å². The molecule has 13 rings (SSSR count). The first-order chi connectivity index (χ1) is 31.2. The molecular weight excluding hydrogens is 763 g/mol. The second-order valence-electron chi connectivity index (χ2n) is 16.6. The summed E-state index contributed by atoms with van der Waals surface area (Å²) in [6, 6.07) is 84.1. The van der Waals surface area contributed by atoms with Gasteiger partial charge in [0.05, 0.1) is 33.4 Å². The summed E-state index contributed by atoms with van der Waals surface area (Å²) in [4.78, 5) is 3.72. The largest absolute Gasteiger partial charge is 0.355 e. The van der Waals surface area contributed by atoms with Crippen LogP contribution in [0, 0.1) is 0 Å². The van der Waals surface area contributed by atoms with E-state index in [0.29, 0.717) is 0 Å². The Hall–Kier alpha value is -8.40. The van der Waals surface area contributed by atoms with Gasteiger partial charge in [-0.05, 0) is 106 Å². The van der Waals surface area contributed by atoms with E-state index in [1.807, 2.05) is 0 Å². The fourth-order valence-corrected chi connectivity index (χ4v) is 10.1. The van der Waals surface area contributed by atoms with Crippen molar-refractivity contribution in [1.82, 2.24) is 14.1 Å². The van der Waals surface area contributed by atoms with E-state index in [1.165, 1.54) is 110 Å². The number of H-pyrrole nitrogens is 1. The van der Waals surface area contributed by atoms with Crippen LogP contribution in [0.15, 0.2) is 231 Å². The van der Waals surface area contributed by atoms with E-state index in [2.05, 4.69) is 245 Å². The molecule has 0 aliphatic heterocycles. The Morgan fingerprint density at radius 1 is 0.238 bits per heavy atom. The Balaban J connectivity index is 0.922. The maximum atomic E-state index is 3.72. The van der Waals surface area contributed by atoms with Gasteiger partial charge in [0.1, 0.15) is 0 Å². The van der Waals surface area contributed by atoms with Crippen molar-refractivity contribution in [3.63, 3.8) is 0 Å². The summed E-state index contributed by atoms with van der Waals surface area (Å²) in [6.07, 6.45) is 0. The van der Waals surface area contributed by atoms with Crippen molar-refractivity contribution < 1.29 is 0 Å². The Morgan fingerprint density at radius 3 is 1.05 bits per heavy atom. The highest BCUT2D eigenvalue weighted by Crippen LogP contribution is 2.41. The van der Waals surface area contributed by atoms with Crippen LogP contribution in [0.25, 0.3) is 121 Å². The molecule has 0 amide bonds.